The van der Waals surface area contributed by atoms with Gasteiger partial charge < -0.3 is 10.0 Å². The number of hydrogen-bond donors (Lipinski definition) is 1. The number of amides is 1. The van der Waals surface area contributed by atoms with E-state index in [0.29, 0.717) is 19.5 Å². The van der Waals surface area contributed by atoms with Crippen molar-refractivity contribution in [3.05, 3.63) is 11.5 Å². The second kappa shape index (κ2) is 5.80. The minimum Gasteiger partial charge on any atom is -0.481 e. The van der Waals surface area contributed by atoms with Gasteiger partial charge in [-0.2, -0.15) is 0 Å². The Morgan fingerprint density at radius 3 is 2.87 bits per heavy atom. The minimum absolute atomic E-state index is 0.0877. The van der Waals surface area contributed by atoms with Crippen LogP contribution in [0.2, 0.25) is 0 Å². The lowest BCUT2D eigenvalue weighted by molar-refractivity contribution is -0.144. The molecule has 1 N–H and O–H groups in total. The summed E-state index contributed by atoms with van der Waals surface area (Å²) in [6.45, 7) is 1.01. The van der Waals surface area contributed by atoms with Crippen LogP contribution in [0.15, 0.2) is 11.5 Å². The van der Waals surface area contributed by atoms with E-state index >= 15 is 0 Å². The van der Waals surface area contributed by atoms with Crippen LogP contribution in [0.1, 0.15) is 12.8 Å². The molecule has 84 valence electrons. The molecular weight excluding hydrogens is 214 g/mol. The standard InChI is InChI=1S/C10H15NO3S/c1-15-6-4-9(12)11-5-2-3-8(7-11)10(13)14/h4,6,8H,2-3,5,7H2,1H3,(H,13,14)/b6-4+/t8-/m0/s1. The molecule has 0 unspecified atom stereocenters. The second-order valence-electron chi connectivity index (χ2n) is 3.50. The van der Waals surface area contributed by atoms with E-state index < -0.39 is 11.9 Å². The fraction of sp³-hybridized carbons (Fsp3) is 0.600. The quantitative estimate of drug-likeness (QED) is 0.738. The third kappa shape index (κ3) is 3.58. The van der Waals surface area contributed by atoms with Crippen molar-refractivity contribution >= 4 is 23.6 Å². The zero-order chi connectivity index (χ0) is 11.3. The van der Waals surface area contributed by atoms with Crippen molar-refractivity contribution in [1.29, 1.82) is 0 Å². The van der Waals surface area contributed by atoms with Gasteiger partial charge in [0.1, 0.15) is 0 Å². The van der Waals surface area contributed by atoms with Crippen molar-refractivity contribution in [3.63, 3.8) is 0 Å². The van der Waals surface area contributed by atoms with E-state index in [0.717, 1.165) is 6.42 Å². The number of likely N-dealkylation sites (tertiary alicyclic amines) is 1. The lowest BCUT2D eigenvalue weighted by Gasteiger charge is -2.29. The molecule has 1 atom stereocenters. The van der Waals surface area contributed by atoms with Crippen LogP contribution in [0.3, 0.4) is 0 Å². The number of carbonyl (C=O) groups is 2. The number of carboxylic acid groups (broad SMARTS) is 1. The highest BCUT2D eigenvalue weighted by Gasteiger charge is 2.26. The molecule has 1 saturated heterocycles. The maximum atomic E-state index is 11.6. The second-order valence-corrected chi connectivity index (χ2v) is 4.24. The van der Waals surface area contributed by atoms with Crippen LogP contribution in [0, 0.1) is 5.92 Å². The Morgan fingerprint density at radius 1 is 1.53 bits per heavy atom. The highest BCUT2D eigenvalue weighted by molar-refractivity contribution is 8.01. The summed E-state index contributed by atoms with van der Waals surface area (Å²) in [5.41, 5.74) is 0. The zero-order valence-corrected chi connectivity index (χ0v) is 9.50. The minimum atomic E-state index is -0.804. The number of carboxylic acids is 1. The monoisotopic (exact) mass is 229 g/mol. The first kappa shape index (κ1) is 12.1. The Morgan fingerprint density at radius 2 is 2.27 bits per heavy atom. The van der Waals surface area contributed by atoms with Gasteiger partial charge in [-0.05, 0) is 24.5 Å². The van der Waals surface area contributed by atoms with E-state index in [4.69, 9.17) is 5.11 Å². The lowest BCUT2D eigenvalue weighted by Crippen LogP contribution is -2.41. The van der Waals surface area contributed by atoms with Crippen LogP contribution in [-0.4, -0.2) is 41.2 Å². The fourth-order valence-corrected chi connectivity index (χ4v) is 1.86. The van der Waals surface area contributed by atoms with Crippen molar-refractivity contribution in [3.8, 4) is 0 Å². The molecule has 5 heteroatoms. The molecule has 15 heavy (non-hydrogen) atoms. The normalized spacial score (nSPS) is 21.9. The predicted octanol–water partition coefficient (Wildman–Crippen LogP) is 1.19. The van der Waals surface area contributed by atoms with E-state index in [-0.39, 0.29) is 5.91 Å². The molecule has 0 bridgehead atoms. The summed E-state index contributed by atoms with van der Waals surface area (Å²) in [7, 11) is 0. The number of aliphatic carboxylic acids is 1. The maximum Gasteiger partial charge on any atom is 0.308 e. The number of carbonyl (C=O) groups excluding carboxylic acids is 1. The molecule has 1 aliphatic heterocycles. The largest absolute Gasteiger partial charge is 0.481 e. The molecule has 1 amide bonds. The average molecular weight is 229 g/mol. The summed E-state index contributed by atoms with van der Waals surface area (Å²) in [4.78, 5) is 23.9. The van der Waals surface area contributed by atoms with Gasteiger partial charge in [-0.3, -0.25) is 9.59 Å². The van der Waals surface area contributed by atoms with Crippen LogP contribution in [0.4, 0.5) is 0 Å². The number of thioether (sulfide) groups is 1. The van der Waals surface area contributed by atoms with Crippen molar-refractivity contribution in [2.24, 2.45) is 5.92 Å². The molecule has 4 nitrogen and oxygen atoms in total. The van der Waals surface area contributed by atoms with Gasteiger partial charge in [-0.15, -0.1) is 11.8 Å². The van der Waals surface area contributed by atoms with E-state index in [9.17, 15) is 9.59 Å². The molecule has 0 saturated carbocycles. The van der Waals surface area contributed by atoms with E-state index in [2.05, 4.69) is 0 Å². The van der Waals surface area contributed by atoms with Gasteiger partial charge in [-0.25, -0.2) is 0 Å². The van der Waals surface area contributed by atoms with E-state index in [1.54, 1.807) is 10.3 Å². The first-order valence-electron chi connectivity index (χ1n) is 4.86. The molecule has 0 aromatic carbocycles. The van der Waals surface area contributed by atoms with E-state index in [1.807, 2.05) is 6.26 Å². The van der Waals surface area contributed by atoms with Crippen LogP contribution < -0.4 is 0 Å². The SMILES string of the molecule is CS/C=C/C(=O)N1CCC[C@H](C(=O)O)C1. The van der Waals surface area contributed by atoms with Gasteiger partial charge in [0, 0.05) is 19.2 Å². The zero-order valence-electron chi connectivity index (χ0n) is 8.68. The summed E-state index contributed by atoms with van der Waals surface area (Å²) in [5.74, 6) is -1.29. The van der Waals surface area contributed by atoms with Gasteiger partial charge in [-0.1, -0.05) is 0 Å². The van der Waals surface area contributed by atoms with Crippen LogP contribution >= 0.6 is 11.8 Å². The molecule has 0 aromatic rings. The topological polar surface area (TPSA) is 57.6 Å². The number of hydrogen-bond acceptors (Lipinski definition) is 3. The summed E-state index contributed by atoms with van der Waals surface area (Å²) in [6, 6.07) is 0. The van der Waals surface area contributed by atoms with E-state index in [1.165, 1.54) is 17.8 Å². The molecule has 0 aromatic heterocycles. The summed E-state index contributed by atoms with van der Waals surface area (Å²) < 4.78 is 0. The average Bonchev–Trinajstić information content (AvgIpc) is 2.26. The number of piperidine rings is 1. The van der Waals surface area contributed by atoms with Crippen LogP contribution in [0.5, 0.6) is 0 Å². The van der Waals surface area contributed by atoms with Crippen molar-refractivity contribution in [1.82, 2.24) is 4.90 Å². The van der Waals surface area contributed by atoms with Gasteiger partial charge in [0.2, 0.25) is 5.91 Å². The highest BCUT2D eigenvalue weighted by atomic mass is 32.2. The van der Waals surface area contributed by atoms with Gasteiger partial charge >= 0.3 is 5.97 Å². The highest BCUT2D eigenvalue weighted by Crippen LogP contribution is 2.16. The Balaban J connectivity index is 2.52. The summed E-state index contributed by atoms with van der Waals surface area (Å²) >= 11 is 1.46. The Hall–Kier alpha value is -0.970. The molecule has 1 aliphatic rings. The molecule has 1 rings (SSSR count). The fourth-order valence-electron chi connectivity index (χ4n) is 1.61. The lowest BCUT2D eigenvalue weighted by atomic mass is 9.98. The Bertz CT molecular complexity index is 278. The summed E-state index contributed by atoms with van der Waals surface area (Å²) in [5, 5.41) is 10.6. The van der Waals surface area contributed by atoms with Gasteiger partial charge in [0.15, 0.2) is 0 Å². The van der Waals surface area contributed by atoms with Crippen LogP contribution in [-0.2, 0) is 9.59 Å². The molecule has 0 aliphatic carbocycles. The molecule has 0 radical (unpaired) electrons. The van der Waals surface area contributed by atoms with Crippen molar-refractivity contribution in [2.75, 3.05) is 19.3 Å². The molecular formula is C10H15NO3S. The first-order valence-corrected chi connectivity index (χ1v) is 6.15. The van der Waals surface area contributed by atoms with Gasteiger partial charge in [0.05, 0.1) is 5.92 Å². The first-order chi connectivity index (χ1) is 7.15. The molecule has 0 spiro atoms. The summed E-state index contributed by atoms with van der Waals surface area (Å²) in [6.07, 6.45) is 4.82. The molecule has 1 fully saturated rings. The van der Waals surface area contributed by atoms with Gasteiger partial charge in [0.25, 0.3) is 0 Å². The molecule has 1 heterocycles. The Labute approximate surface area is 93.3 Å². The Kier molecular flexibility index (Phi) is 4.68. The number of nitrogens with zero attached hydrogens (tertiary/aromatic N) is 1. The smallest absolute Gasteiger partial charge is 0.308 e. The maximum absolute atomic E-state index is 11.6. The van der Waals surface area contributed by atoms with Crippen molar-refractivity contribution in [2.45, 2.75) is 12.8 Å². The number of rotatable bonds is 3. The third-order valence-electron chi connectivity index (χ3n) is 2.43. The third-order valence-corrected chi connectivity index (χ3v) is 2.84. The van der Waals surface area contributed by atoms with Crippen LogP contribution in [0.25, 0.3) is 0 Å². The predicted molar refractivity (Wildman–Crippen MR) is 59.6 cm³/mol. The van der Waals surface area contributed by atoms with Crippen molar-refractivity contribution < 1.29 is 14.7 Å².